The number of para-hydroxylation sites is 1. The van der Waals surface area contributed by atoms with E-state index in [1.165, 1.54) is 25.7 Å². The summed E-state index contributed by atoms with van der Waals surface area (Å²) in [6.07, 6.45) is 5.35. The molecule has 2 fully saturated rings. The maximum Gasteiger partial charge on any atom is 0.119 e. The third-order valence-electron chi connectivity index (χ3n) is 4.65. The summed E-state index contributed by atoms with van der Waals surface area (Å²) in [5.41, 5.74) is 0. The minimum Gasteiger partial charge on any atom is -0.492 e. The van der Waals surface area contributed by atoms with Crippen LogP contribution < -0.4 is 10.1 Å². The number of rotatable bonds is 5. The van der Waals surface area contributed by atoms with Crippen molar-refractivity contribution in [1.82, 2.24) is 10.2 Å². The van der Waals surface area contributed by atoms with Crippen LogP contribution in [0.2, 0.25) is 0 Å². The molecule has 0 aromatic heterocycles. The fraction of sp³-hybridized carbons (Fsp3) is 0.625. The molecule has 19 heavy (non-hydrogen) atoms. The minimum absolute atomic E-state index is 0.726. The quantitative estimate of drug-likeness (QED) is 0.879. The van der Waals surface area contributed by atoms with Gasteiger partial charge >= 0.3 is 0 Å². The molecule has 2 bridgehead atoms. The Labute approximate surface area is 115 Å². The monoisotopic (exact) mass is 260 g/mol. The van der Waals surface area contributed by atoms with Gasteiger partial charge in [-0.2, -0.15) is 0 Å². The molecule has 3 nitrogen and oxygen atoms in total. The minimum atomic E-state index is 0.726. The molecule has 0 aliphatic carbocycles. The van der Waals surface area contributed by atoms with Crippen molar-refractivity contribution in [1.29, 1.82) is 0 Å². The fourth-order valence-corrected chi connectivity index (χ4v) is 3.66. The van der Waals surface area contributed by atoms with Crippen LogP contribution in [-0.2, 0) is 0 Å². The molecule has 2 aliphatic rings. The van der Waals surface area contributed by atoms with Crippen molar-refractivity contribution in [3.05, 3.63) is 30.3 Å². The normalized spacial score (nSPS) is 30.5. The van der Waals surface area contributed by atoms with Gasteiger partial charge in [0.25, 0.3) is 0 Å². The molecule has 1 aromatic carbocycles. The Morgan fingerprint density at radius 2 is 1.84 bits per heavy atom. The third-order valence-corrected chi connectivity index (χ3v) is 4.65. The highest BCUT2D eigenvalue weighted by atomic mass is 16.5. The van der Waals surface area contributed by atoms with E-state index in [0.717, 1.165) is 37.0 Å². The van der Waals surface area contributed by atoms with Crippen LogP contribution in [0.15, 0.2) is 30.3 Å². The molecule has 2 aliphatic heterocycles. The van der Waals surface area contributed by atoms with Gasteiger partial charge in [0.15, 0.2) is 0 Å². The summed E-state index contributed by atoms with van der Waals surface area (Å²) in [4.78, 5) is 2.68. The Morgan fingerprint density at radius 1 is 1.16 bits per heavy atom. The highest BCUT2D eigenvalue weighted by Gasteiger charge is 2.39. The van der Waals surface area contributed by atoms with Gasteiger partial charge in [-0.3, -0.25) is 4.90 Å². The van der Waals surface area contributed by atoms with Gasteiger partial charge in [-0.05, 0) is 44.9 Å². The van der Waals surface area contributed by atoms with E-state index in [-0.39, 0.29) is 0 Å². The van der Waals surface area contributed by atoms with Crippen LogP contribution in [0.25, 0.3) is 0 Å². The smallest absolute Gasteiger partial charge is 0.119 e. The van der Waals surface area contributed by atoms with Crippen molar-refractivity contribution in [2.75, 3.05) is 20.2 Å². The molecule has 2 saturated heterocycles. The molecular weight excluding hydrogens is 236 g/mol. The number of piperidine rings is 1. The Bertz CT molecular complexity index is 381. The Kier molecular flexibility index (Phi) is 4.04. The van der Waals surface area contributed by atoms with Crippen LogP contribution in [0.5, 0.6) is 5.75 Å². The Hall–Kier alpha value is -1.06. The fourth-order valence-electron chi connectivity index (χ4n) is 3.66. The molecular formula is C16H24N2O. The zero-order valence-electron chi connectivity index (χ0n) is 11.7. The van der Waals surface area contributed by atoms with E-state index >= 15 is 0 Å². The van der Waals surface area contributed by atoms with E-state index < -0.39 is 0 Å². The lowest BCUT2D eigenvalue weighted by Gasteiger charge is -2.38. The van der Waals surface area contributed by atoms with E-state index in [9.17, 15) is 0 Å². The summed E-state index contributed by atoms with van der Waals surface area (Å²) in [5.74, 6) is 0.986. The summed E-state index contributed by atoms with van der Waals surface area (Å²) < 4.78 is 5.83. The lowest BCUT2D eigenvalue weighted by Crippen LogP contribution is -2.49. The largest absolute Gasteiger partial charge is 0.492 e. The van der Waals surface area contributed by atoms with Gasteiger partial charge in [0, 0.05) is 24.7 Å². The Balaban J connectivity index is 1.49. The van der Waals surface area contributed by atoms with Crippen LogP contribution >= 0.6 is 0 Å². The summed E-state index contributed by atoms with van der Waals surface area (Å²) in [7, 11) is 2.10. The predicted molar refractivity (Wildman–Crippen MR) is 77.5 cm³/mol. The molecule has 2 unspecified atom stereocenters. The molecule has 2 heterocycles. The number of ether oxygens (including phenoxy) is 1. The molecule has 0 saturated carbocycles. The van der Waals surface area contributed by atoms with Crippen molar-refractivity contribution >= 4 is 0 Å². The summed E-state index contributed by atoms with van der Waals surface area (Å²) in [6.45, 7) is 1.88. The second kappa shape index (κ2) is 5.93. The van der Waals surface area contributed by atoms with Gasteiger partial charge in [0.1, 0.15) is 12.4 Å². The average molecular weight is 260 g/mol. The standard InChI is InChI=1S/C16H24N2O/c1-17-13-11-14-7-8-15(12-13)18(14)9-10-19-16-5-3-2-4-6-16/h2-6,13-15,17H,7-12H2,1H3. The average Bonchev–Trinajstić information content (AvgIpc) is 2.70. The van der Waals surface area contributed by atoms with Gasteiger partial charge < -0.3 is 10.1 Å². The SMILES string of the molecule is CNC1CC2CCC(C1)N2CCOc1ccccc1. The molecule has 104 valence electrons. The topological polar surface area (TPSA) is 24.5 Å². The molecule has 0 spiro atoms. The van der Waals surface area contributed by atoms with Gasteiger partial charge in [-0.15, -0.1) is 0 Å². The zero-order chi connectivity index (χ0) is 13.1. The highest BCUT2D eigenvalue weighted by molar-refractivity contribution is 5.20. The highest BCUT2D eigenvalue weighted by Crippen LogP contribution is 2.35. The maximum absolute atomic E-state index is 5.83. The van der Waals surface area contributed by atoms with Crippen molar-refractivity contribution in [3.63, 3.8) is 0 Å². The van der Waals surface area contributed by atoms with Crippen LogP contribution in [0.4, 0.5) is 0 Å². The van der Waals surface area contributed by atoms with Gasteiger partial charge in [0.2, 0.25) is 0 Å². The molecule has 0 amide bonds. The predicted octanol–water partition coefficient (Wildman–Crippen LogP) is 2.28. The second-order valence-corrected chi connectivity index (χ2v) is 5.74. The van der Waals surface area contributed by atoms with Crippen molar-refractivity contribution in [2.24, 2.45) is 0 Å². The van der Waals surface area contributed by atoms with Crippen LogP contribution in [-0.4, -0.2) is 43.2 Å². The van der Waals surface area contributed by atoms with E-state index in [1.807, 2.05) is 30.3 Å². The lowest BCUT2D eigenvalue weighted by atomic mass is 9.97. The van der Waals surface area contributed by atoms with E-state index in [2.05, 4.69) is 17.3 Å². The number of nitrogens with one attached hydrogen (secondary N) is 1. The number of fused-ring (bicyclic) bond motifs is 2. The first-order valence-electron chi connectivity index (χ1n) is 7.47. The van der Waals surface area contributed by atoms with Gasteiger partial charge in [-0.1, -0.05) is 18.2 Å². The first-order chi connectivity index (χ1) is 9.36. The third kappa shape index (κ3) is 2.93. The number of hydrogen-bond donors (Lipinski definition) is 1. The first kappa shape index (κ1) is 12.9. The number of benzene rings is 1. The van der Waals surface area contributed by atoms with E-state index in [1.54, 1.807) is 0 Å². The van der Waals surface area contributed by atoms with Gasteiger partial charge in [-0.25, -0.2) is 0 Å². The zero-order valence-corrected chi connectivity index (χ0v) is 11.7. The number of nitrogens with zero attached hydrogens (tertiary/aromatic N) is 1. The molecule has 3 heteroatoms. The van der Waals surface area contributed by atoms with Crippen molar-refractivity contribution in [3.8, 4) is 5.75 Å². The lowest BCUT2D eigenvalue weighted by molar-refractivity contribution is 0.0998. The molecule has 1 aromatic rings. The summed E-state index contributed by atoms with van der Waals surface area (Å²) in [5, 5.41) is 3.45. The Morgan fingerprint density at radius 3 is 2.47 bits per heavy atom. The van der Waals surface area contributed by atoms with E-state index in [0.29, 0.717) is 0 Å². The van der Waals surface area contributed by atoms with Gasteiger partial charge in [0.05, 0.1) is 0 Å². The van der Waals surface area contributed by atoms with Crippen molar-refractivity contribution in [2.45, 2.75) is 43.8 Å². The molecule has 2 atom stereocenters. The number of hydrogen-bond acceptors (Lipinski definition) is 3. The van der Waals surface area contributed by atoms with Crippen molar-refractivity contribution < 1.29 is 4.74 Å². The molecule has 3 rings (SSSR count). The molecule has 0 radical (unpaired) electrons. The second-order valence-electron chi connectivity index (χ2n) is 5.74. The van der Waals surface area contributed by atoms with Crippen LogP contribution in [0, 0.1) is 0 Å². The molecule has 1 N–H and O–H groups in total. The van der Waals surface area contributed by atoms with E-state index in [4.69, 9.17) is 4.74 Å². The maximum atomic E-state index is 5.83. The summed E-state index contributed by atoms with van der Waals surface area (Å²) in [6, 6.07) is 12.4. The first-order valence-corrected chi connectivity index (χ1v) is 7.47. The summed E-state index contributed by atoms with van der Waals surface area (Å²) >= 11 is 0. The van der Waals surface area contributed by atoms with Crippen LogP contribution in [0.1, 0.15) is 25.7 Å². The van der Waals surface area contributed by atoms with Crippen LogP contribution in [0.3, 0.4) is 0 Å².